The molecule has 0 aliphatic carbocycles. The first kappa shape index (κ1) is 14.9. The first-order valence-corrected chi connectivity index (χ1v) is 6.98. The Labute approximate surface area is 136 Å². The number of hydrogen-bond acceptors (Lipinski definition) is 4. The molecule has 2 aromatic rings. The standard InChI is InChI=1S/C16H11ClN2O4/c17-10-2-1-3-11(7-10)19-16(23)13(15(22)18-19)6-9-4-5-12(20)8-14(9)21/h1-8,20-21H,(H,18,22). The number of carbonyl (C=O) groups is 2. The van der Waals surface area contributed by atoms with E-state index in [9.17, 15) is 19.8 Å². The summed E-state index contributed by atoms with van der Waals surface area (Å²) in [6.45, 7) is 0. The molecule has 7 heteroatoms. The predicted octanol–water partition coefficient (Wildman–Crippen LogP) is 2.21. The van der Waals surface area contributed by atoms with Crippen LogP contribution in [-0.2, 0) is 9.59 Å². The number of nitrogens with one attached hydrogen (secondary N) is 1. The van der Waals surface area contributed by atoms with Gasteiger partial charge in [-0.3, -0.25) is 15.0 Å². The van der Waals surface area contributed by atoms with Crippen LogP contribution < -0.4 is 10.4 Å². The van der Waals surface area contributed by atoms with E-state index in [0.717, 1.165) is 11.1 Å². The van der Waals surface area contributed by atoms with Gasteiger partial charge in [-0.25, -0.2) is 5.01 Å². The van der Waals surface area contributed by atoms with Crippen molar-refractivity contribution >= 4 is 35.2 Å². The molecule has 0 radical (unpaired) electrons. The van der Waals surface area contributed by atoms with Crippen LogP contribution >= 0.6 is 11.6 Å². The number of nitrogens with zero attached hydrogens (tertiary/aromatic N) is 1. The molecule has 116 valence electrons. The van der Waals surface area contributed by atoms with Crippen LogP contribution in [0.25, 0.3) is 6.08 Å². The number of hydrazine groups is 1. The van der Waals surface area contributed by atoms with Gasteiger partial charge in [-0.15, -0.1) is 0 Å². The van der Waals surface area contributed by atoms with Crippen LogP contribution in [0.1, 0.15) is 5.56 Å². The van der Waals surface area contributed by atoms with Gasteiger partial charge >= 0.3 is 0 Å². The van der Waals surface area contributed by atoms with Crippen molar-refractivity contribution in [3.05, 3.63) is 58.6 Å². The molecule has 3 N–H and O–H groups in total. The van der Waals surface area contributed by atoms with Crippen LogP contribution in [-0.4, -0.2) is 22.0 Å². The quantitative estimate of drug-likeness (QED) is 0.581. The molecule has 6 nitrogen and oxygen atoms in total. The average molecular weight is 331 g/mol. The maximum absolute atomic E-state index is 12.4. The molecule has 0 atom stereocenters. The number of phenols is 2. The molecule has 0 unspecified atom stereocenters. The Kier molecular flexibility index (Phi) is 3.67. The second-order valence-electron chi connectivity index (χ2n) is 4.86. The Morgan fingerprint density at radius 2 is 1.87 bits per heavy atom. The minimum absolute atomic E-state index is 0.118. The number of halogens is 1. The van der Waals surface area contributed by atoms with Gasteiger partial charge in [0.2, 0.25) is 0 Å². The third-order valence-electron chi connectivity index (χ3n) is 3.27. The van der Waals surface area contributed by atoms with Gasteiger partial charge in [0.1, 0.15) is 17.1 Å². The fourth-order valence-electron chi connectivity index (χ4n) is 2.16. The SMILES string of the molecule is O=C1NN(c2cccc(Cl)c2)C(=O)C1=Cc1ccc(O)cc1O. The van der Waals surface area contributed by atoms with E-state index in [1.165, 1.54) is 18.2 Å². The van der Waals surface area contributed by atoms with Crippen molar-refractivity contribution in [2.24, 2.45) is 0 Å². The van der Waals surface area contributed by atoms with Gasteiger partial charge in [-0.2, -0.15) is 0 Å². The van der Waals surface area contributed by atoms with Crippen LogP contribution in [0.4, 0.5) is 5.69 Å². The molecular formula is C16H11ClN2O4. The molecular weight excluding hydrogens is 320 g/mol. The lowest BCUT2D eigenvalue weighted by Crippen LogP contribution is -2.35. The van der Waals surface area contributed by atoms with Crippen molar-refractivity contribution in [3.8, 4) is 11.5 Å². The molecule has 2 aromatic carbocycles. The Balaban J connectivity index is 1.97. The zero-order valence-corrected chi connectivity index (χ0v) is 12.4. The van der Waals surface area contributed by atoms with E-state index in [4.69, 9.17) is 11.6 Å². The van der Waals surface area contributed by atoms with Crippen molar-refractivity contribution < 1.29 is 19.8 Å². The number of anilines is 1. The first-order chi connectivity index (χ1) is 11.0. The van der Waals surface area contributed by atoms with E-state index in [1.54, 1.807) is 24.3 Å². The van der Waals surface area contributed by atoms with Crippen LogP contribution in [0, 0.1) is 0 Å². The van der Waals surface area contributed by atoms with Gasteiger partial charge < -0.3 is 10.2 Å². The minimum Gasteiger partial charge on any atom is -0.508 e. The van der Waals surface area contributed by atoms with E-state index < -0.39 is 11.8 Å². The normalized spacial score (nSPS) is 16.0. The number of benzene rings is 2. The largest absolute Gasteiger partial charge is 0.508 e. The lowest BCUT2D eigenvalue weighted by atomic mass is 10.1. The van der Waals surface area contributed by atoms with Crippen molar-refractivity contribution in [2.75, 3.05) is 5.01 Å². The molecule has 23 heavy (non-hydrogen) atoms. The zero-order chi connectivity index (χ0) is 16.6. The lowest BCUT2D eigenvalue weighted by molar-refractivity contribution is -0.117. The zero-order valence-electron chi connectivity index (χ0n) is 11.7. The molecule has 2 amide bonds. The van der Waals surface area contributed by atoms with Crippen molar-refractivity contribution in [3.63, 3.8) is 0 Å². The Morgan fingerprint density at radius 1 is 1.09 bits per heavy atom. The number of rotatable bonds is 2. The Hall–Kier alpha value is -2.99. The number of aromatic hydroxyl groups is 2. The average Bonchev–Trinajstić information content (AvgIpc) is 2.78. The van der Waals surface area contributed by atoms with E-state index in [0.29, 0.717) is 10.7 Å². The summed E-state index contributed by atoms with van der Waals surface area (Å²) in [7, 11) is 0. The van der Waals surface area contributed by atoms with Gasteiger partial charge in [0.25, 0.3) is 11.8 Å². The fourth-order valence-corrected chi connectivity index (χ4v) is 2.35. The summed E-state index contributed by atoms with van der Waals surface area (Å²) < 4.78 is 0. The first-order valence-electron chi connectivity index (χ1n) is 6.60. The van der Waals surface area contributed by atoms with Crippen LogP contribution in [0.15, 0.2) is 48.0 Å². The van der Waals surface area contributed by atoms with Crippen molar-refractivity contribution in [1.82, 2.24) is 5.43 Å². The van der Waals surface area contributed by atoms with Crippen molar-refractivity contribution in [2.45, 2.75) is 0 Å². The summed E-state index contributed by atoms with van der Waals surface area (Å²) >= 11 is 5.89. The third kappa shape index (κ3) is 2.84. The summed E-state index contributed by atoms with van der Waals surface area (Å²) in [5.41, 5.74) is 2.97. The van der Waals surface area contributed by atoms with Crippen LogP contribution in [0.2, 0.25) is 5.02 Å². The molecule has 0 bridgehead atoms. The molecule has 0 spiro atoms. The van der Waals surface area contributed by atoms with Gasteiger partial charge in [-0.1, -0.05) is 17.7 Å². The van der Waals surface area contributed by atoms with Crippen LogP contribution in [0.3, 0.4) is 0 Å². The molecule has 1 aliphatic heterocycles. The highest BCUT2D eigenvalue weighted by molar-refractivity contribution is 6.33. The topological polar surface area (TPSA) is 89.9 Å². The van der Waals surface area contributed by atoms with Crippen molar-refractivity contribution in [1.29, 1.82) is 0 Å². The summed E-state index contributed by atoms with van der Waals surface area (Å²) in [5, 5.41) is 20.5. The molecule has 0 saturated carbocycles. The maximum Gasteiger partial charge on any atom is 0.282 e. The highest BCUT2D eigenvalue weighted by atomic mass is 35.5. The fraction of sp³-hybridized carbons (Fsp3) is 0. The monoisotopic (exact) mass is 330 g/mol. The number of amides is 2. The highest BCUT2D eigenvalue weighted by Crippen LogP contribution is 2.28. The summed E-state index contributed by atoms with van der Waals surface area (Å²) in [6, 6.07) is 10.4. The smallest absolute Gasteiger partial charge is 0.282 e. The second kappa shape index (κ2) is 5.66. The molecule has 0 aromatic heterocycles. The lowest BCUT2D eigenvalue weighted by Gasteiger charge is -2.14. The molecule has 1 saturated heterocycles. The van der Waals surface area contributed by atoms with E-state index >= 15 is 0 Å². The Bertz CT molecular complexity index is 848. The van der Waals surface area contributed by atoms with Gasteiger partial charge in [0.15, 0.2) is 0 Å². The number of hydrogen-bond donors (Lipinski definition) is 3. The molecule has 1 fully saturated rings. The van der Waals surface area contributed by atoms with Gasteiger partial charge in [0, 0.05) is 16.7 Å². The van der Waals surface area contributed by atoms with Gasteiger partial charge in [-0.05, 0) is 36.4 Å². The molecule has 3 rings (SSSR count). The van der Waals surface area contributed by atoms with E-state index in [1.807, 2.05) is 0 Å². The van der Waals surface area contributed by atoms with Gasteiger partial charge in [0.05, 0.1) is 5.69 Å². The number of phenolic OH excluding ortho intramolecular Hbond substituents is 2. The summed E-state index contributed by atoms with van der Waals surface area (Å²) in [6.07, 6.45) is 1.26. The summed E-state index contributed by atoms with van der Waals surface area (Å²) in [4.78, 5) is 24.4. The minimum atomic E-state index is -0.595. The molecule has 1 heterocycles. The molecule has 1 aliphatic rings. The number of carbonyl (C=O) groups excluding carboxylic acids is 2. The van der Waals surface area contributed by atoms with E-state index in [2.05, 4.69) is 5.43 Å². The second-order valence-corrected chi connectivity index (χ2v) is 5.30. The third-order valence-corrected chi connectivity index (χ3v) is 3.51. The summed E-state index contributed by atoms with van der Waals surface area (Å²) in [5.74, 6) is -1.51. The Morgan fingerprint density at radius 3 is 2.57 bits per heavy atom. The maximum atomic E-state index is 12.4. The predicted molar refractivity (Wildman–Crippen MR) is 84.8 cm³/mol. The highest BCUT2D eigenvalue weighted by Gasteiger charge is 2.34. The van der Waals surface area contributed by atoms with E-state index in [-0.39, 0.29) is 22.6 Å². The van der Waals surface area contributed by atoms with Crippen LogP contribution in [0.5, 0.6) is 11.5 Å².